The van der Waals surface area contributed by atoms with Gasteiger partial charge >= 0.3 is 0 Å². The summed E-state index contributed by atoms with van der Waals surface area (Å²) in [4.78, 5) is 12.1. The van der Waals surface area contributed by atoms with Crippen LogP contribution in [0, 0.1) is 0 Å². The Morgan fingerprint density at radius 1 is 1.19 bits per heavy atom. The molecule has 2 aromatic rings. The maximum Gasteiger partial charge on any atom is 0.200 e. The Hall–Kier alpha value is -1.77. The molecule has 0 amide bonds. The van der Waals surface area contributed by atoms with Gasteiger partial charge in [-0.15, -0.1) is 6.58 Å². The van der Waals surface area contributed by atoms with Crippen LogP contribution in [0.5, 0.6) is 5.75 Å². The van der Waals surface area contributed by atoms with E-state index in [1.807, 2.05) is 18.2 Å². The lowest BCUT2D eigenvalue weighted by Gasteiger charge is -2.12. The highest BCUT2D eigenvalue weighted by Gasteiger charge is 2.13. The van der Waals surface area contributed by atoms with E-state index in [-0.39, 0.29) is 12.4 Å². The van der Waals surface area contributed by atoms with Crippen molar-refractivity contribution >= 4 is 29.0 Å². The first-order valence-electron chi connectivity index (χ1n) is 6.41. The van der Waals surface area contributed by atoms with E-state index in [1.54, 1.807) is 30.3 Å². The average Bonchev–Trinajstić information content (AvgIpc) is 2.47. The van der Waals surface area contributed by atoms with Crippen LogP contribution in [0.3, 0.4) is 0 Å². The van der Waals surface area contributed by atoms with E-state index in [9.17, 15) is 4.79 Å². The Labute approximate surface area is 134 Å². The Bertz CT molecular complexity index is 651. The maximum atomic E-state index is 12.1. The fourth-order valence-electron chi connectivity index (χ4n) is 1.93. The normalized spacial score (nSPS) is 10.2. The fraction of sp³-hybridized carbons (Fsp3) is 0.118. The monoisotopic (exact) mass is 320 g/mol. The minimum atomic E-state index is -0.105. The third kappa shape index (κ3) is 4.10. The lowest BCUT2D eigenvalue weighted by molar-refractivity contribution is 0.0921. The zero-order chi connectivity index (χ0) is 15.2. The van der Waals surface area contributed by atoms with E-state index < -0.39 is 0 Å². The van der Waals surface area contributed by atoms with E-state index in [4.69, 9.17) is 27.9 Å². The highest BCUT2D eigenvalue weighted by atomic mass is 35.5. The smallest absolute Gasteiger partial charge is 0.200 e. The van der Waals surface area contributed by atoms with Gasteiger partial charge in [0.1, 0.15) is 5.75 Å². The zero-order valence-corrected chi connectivity index (χ0v) is 12.8. The molecule has 0 heterocycles. The molecule has 0 aromatic heterocycles. The molecule has 0 saturated carbocycles. The van der Waals surface area contributed by atoms with Gasteiger partial charge in [-0.25, -0.2) is 0 Å². The lowest BCUT2D eigenvalue weighted by Crippen LogP contribution is -2.12. The van der Waals surface area contributed by atoms with Crippen LogP contribution in [-0.4, -0.2) is 12.4 Å². The summed E-state index contributed by atoms with van der Waals surface area (Å²) in [5.41, 5.74) is 1.41. The van der Waals surface area contributed by atoms with Crippen molar-refractivity contribution in [1.82, 2.24) is 0 Å². The summed E-state index contributed by atoms with van der Waals surface area (Å²) < 4.78 is 5.60. The Balaban J connectivity index is 2.16. The van der Waals surface area contributed by atoms with Gasteiger partial charge in [-0.1, -0.05) is 59.6 Å². The summed E-state index contributed by atoms with van der Waals surface area (Å²) >= 11 is 12.1. The van der Waals surface area contributed by atoms with Gasteiger partial charge in [-0.05, 0) is 18.6 Å². The molecular formula is C17H14Cl2O2. The van der Waals surface area contributed by atoms with Crippen molar-refractivity contribution in [3.05, 3.63) is 76.3 Å². The molecular weight excluding hydrogens is 307 g/mol. The van der Waals surface area contributed by atoms with Gasteiger partial charge in [0, 0.05) is 16.1 Å². The van der Waals surface area contributed by atoms with Crippen molar-refractivity contribution in [3.63, 3.8) is 0 Å². The summed E-state index contributed by atoms with van der Waals surface area (Å²) in [7, 11) is 0. The standard InChI is InChI=1S/C17H14Cl2O2/c1-2-6-13-9-14(18)10-15(19)17(13)21-11-16(20)12-7-4-3-5-8-12/h2-5,7-10H,1,6,11H2. The first-order chi connectivity index (χ1) is 10.1. The molecule has 0 saturated heterocycles. The van der Waals surface area contributed by atoms with Crippen LogP contribution in [-0.2, 0) is 6.42 Å². The van der Waals surface area contributed by atoms with E-state index in [0.29, 0.717) is 27.8 Å². The summed E-state index contributed by atoms with van der Waals surface area (Å²) in [6.45, 7) is 3.62. The largest absolute Gasteiger partial charge is 0.484 e. The molecule has 2 nitrogen and oxygen atoms in total. The van der Waals surface area contributed by atoms with Gasteiger partial charge in [0.15, 0.2) is 12.4 Å². The predicted octanol–water partition coefficient (Wildman–Crippen LogP) is 4.98. The number of carbonyl (C=O) groups excluding carboxylic acids is 1. The third-order valence-electron chi connectivity index (χ3n) is 2.89. The molecule has 0 aliphatic carbocycles. The Morgan fingerprint density at radius 2 is 1.90 bits per heavy atom. The number of rotatable bonds is 6. The molecule has 108 valence electrons. The van der Waals surface area contributed by atoms with Crippen LogP contribution in [0.15, 0.2) is 55.1 Å². The molecule has 0 unspecified atom stereocenters. The van der Waals surface area contributed by atoms with Gasteiger partial charge < -0.3 is 4.74 Å². The van der Waals surface area contributed by atoms with E-state index >= 15 is 0 Å². The van der Waals surface area contributed by atoms with E-state index in [2.05, 4.69) is 6.58 Å². The van der Waals surface area contributed by atoms with Crippen LogP contribution in [0.2, 0.25) is 10.0 Å². The SMILES string of the molecule is C=CCc1cc(Cl)cc(Cl)c1OCC(=O)c1ccccc1. The third-order valence-corrected chi connectivity index (χ3v) is 3.39. The quantitative estimate of drug-likeness (QED) is 0.554. The number of hydrogen-bond acceptors (Lipinski definition) is 2. The second-order valence-electron chi connectivity index (χ2n) is 4.45. The van der Waals surface area contributed by atoms with Crippen molar-refractivity contribution < 1.29 is 9.53 Å². The molecule has 0 aliphatic rings. The van der Waals surface area contributed by atoms with Crippen molar-refractivity contribution in [2.75, 3.05) is 6.61 Å². The molecule has 0 bridgehead atoms. The molecule has 0 atom stereocenters. The van der Waals surface area contributed by atoms with Crippen LogP contribution in [0.4, 0.5) is 0 Å². The highest BCUT2D eigenvalue weighted by Crippen LogP contribution is 2.33. The Kier molecular flexibility index (Phi) is 5.43. The van der Waals surface area contributed by atoms with Gasteiger partial charge in [0.25, 0.3) is 0 Å². The number of Topliss-reactive ketones (excluding diaryl/α,β-unsaturated/α-hetero) is 1. The summed E-state index contributed by atoms with van der Waals surface area (Å²) in [5, 5.41) is 0.916. The lowest BCUT2D eigenvalue weighted by atomic mass is 10.1. The van der Waals surface area contributed by atoms with Crippen molar-refractivity contribution in [2.24, 2.45) is 0 Å². The zero-order valence-electron chi connectivity index (χ0n) is 11.3. The van der Waals surface area contributed by atoms with Gasteiger partial charge in [0.2, 0.25) is 0 Å². The second-order valence-corrected chi connectivity index (χ2v) is 5.29. The number of hydrogen-bond donors (Lipinski definition) is 0. The molecule has 2 rings (SSSR count). The predicted molar refractivity (Wildman–Crippen MR) is 86.6 cm³/mol. The van der Waals surface area contributed by atoms with Crippen molar-refractivity contribution in [1.29, 1.82) is 0 Å². The Morgan fingerprint density at radius 3 is 2.57 bits per heavy atom. The molecule has 0 spiro atoms. The number of carbonyl (C=O) groups is 1. The molecule has 4 heteroatoms. The van der Waals surface area contributed by atoms with Gasteiger partial charge in [-0.2, -0.15) is 0 Å². The molecule has 21 heavy (non-hydrogen) atoms. The van der Waals surface area contributed by atoms with Crippen molar-refractivity contribution in [2.45, 2.75) is 6.42 Å². The molecule has 0 fully saturated rings. The fourth-order valence-corrected chi connectivity index (χ4v) is 2.52. The van der Waals surface area contributed by atoms with Crippen molar-refractivity contribution in [3.8, 4) is 5.75 Å². The van der Waals surface area contributed by atoms with Crippen LogP contribution in [0.25, 0.3) is 0 Å². The summed E-state index contributed by atoms with van der Waals surface area (Å²) in [6, 6.07) is 12.3. The topological polar surface area (TPSA) is 26.3 Å². The minimum Gasteiger partial charge on any atom is -0.484 e. The average molecular weight is 321 g/mol. The first-order valence-corrected chi connectivity index (χ1v) is 7.17. The molecule has 0 radical (unpaired) electrons. The second kappa shape index (κ2) is 7.30. The highest BCUT2D eigenvalue weighted by molar-refractivity contribution is 6.35. The van der Waals surface area contributed by atoms with E-state index in [1.165, 1.54) is 0 Å². The summed E-state index contributed by atoms with van der Waals surface area (Å²) in [6.07, 6.45) is 2.29. The number of benzene rings is 2. The number of ether oxygens (including phenoxy) is 1. The number of ketones is 1. The molecule has 2 aromatic carbocycles. The van der Waals surface area contributed by atoms with Crippen LogP contribution in [0.1, 0.15) is 15.9 Å². The van der Waals surface area contributed by atoms with Gasteiger partial charge in [0.05, 0.1) is 5.02 Å². The van der Waals surface area contributed by atoms with Crippen LogP contribution < -0.4 is 4.74 Å². The minimum absolute atomic E-state index is 0.0739. The maximum absolute atomic E-state index is 12.1. The number of allylic oxidation sites excluding steroid dienone is 1. The number of halogens is 2. The molecule has 0 N–H and O–H groups in total. The summed E-state index contributed by atoms with van der Waals surface area (Å²) in [5.74, 6) is 0.372. The van der Waals surface area contributed by atoms with Gasteiger partial charge in [-0.3, -0.25) is 4.79 Å². The van der Waals surface area contributed by atoms with E-state index in [0.717, 1.165) is 5.56 Å². The molecule has 0 aliphatic heterocycles. The van der Waals surface area contributed by atoms with Crippen LogP contribution >= 0.6 is 23.2 Å². The first kappa shape index (κ1) is 15.6.